The number of rotatable bonds is 7. The van der Waals surface area contributed by atoms with Crippen LogP contribution in [0.15, 0.2) is 51.9 Å². The van der Waals surface area contributed by atoms with E-state index >= 15 is 0 Å². The number of hydrogen-bond acceptors (Lipinski definition) is 6. The molecule has 0 radical (unpaired) electrons. The van der Waals surface area contributed by atoms with Gasteiger partial charge in [0.15, 0.2) is 0 Å². The number of imidazole rings is 1. The van der Waals surface area contributed by atoms with Crippen molar-refractivity contribution in [1.82, 2.24) is 19.9 Å². The lowest BCUT2D eigenvalue weighted by atomic mass is 10.1. The number of nitrogens with zero attached hydrogens (tertiary/aromatic N) is 3. The van der Waals surface area contributed by atoms with Gasteiger partial charge < -0.3 is 30.2 Å². The Hall–Kier alpha value is -3.63. The zero-order valence-corrected chi connectivity index (χ0v) is 22.3. The second kappa shape index (κ2) is 10.4. The average molecular weight is 565 g/mol. The fraction of sp³-hybridized carbons (Fsp3) is 0.296. The molecule has 0 bridgehead atoms. The molecule has 4 N–H and O–H groups in total. The highest BCUT2D eigenvalue weighted by atomic mass is 79.9. The number of aliphatic hydroxyl groups excluding tert-OH is 1. The molecule has 1 fully saturated rings. The van der Waals surface area contributed by atoms with E-state index in [1.165, 1.54) is 0 Å². The number of benzene rings is 2. The molecule has 4 aromatic rings. The van der Waals surface area contributed by atoms with E-state index in [9.17, 15) is 14.7 Å². The van der Waals surface area contributed by atoms with Crippen molar-refractivity contribution in [2.45, 2.75) is 20.0 Å². The van der Waals surface area contributed by atoms with Gasteiger partial charge in [-0.25, -0.2) is 4.98 Å². The van der Waals surface area contributed by atoms with E-state index in [1.54, 1.807) is 17.2 Å². The molecule has 1 amide bonds. The number of amides is 1. The van der Waals surface area contributed by atoms with Crippen molar-refractivity contribution in [1.29, 1.82) is 0 Å². The number of hydrogen-bond donors (Lipinski definition) is 4. The number of halogens is 1. The molecule has 2 aromatic heterocycles. The van der Waals surface area contributed by atoms with Crippen molar-refractivity contribution in [3.8, 4) is 11.4 Å². The fourth-order valence-electron chi connectivity index (χ4n) is 4.66. The van der Waals surface area contributed by atoms with Gasteiger partial charge in [0.2, 0.25) is 6.41 Å². The third-order valence-electron chi connectivity index (χ3n) is 6.85. The Morgan fingerprint density at radius 2 is 1.92 bits per heavy atom. The molecule has 10 heteroatoms. The van der Waals surface area contributed by atoms with Crippen molar-refractivity contribution in [3.63, 3.8) is 0 Å². The molecule has 37 heavy (non-hydrogen) atoms. The molecule has 9 nitrogen and oxygen atoms in total. The van der Waals surface area contributed by atoms with E-state index in [0.717, 1.165) is 57.4 Å². The average Bonchev–Trinajstić information content (AvgIpc) is 3.33. The lowest BCUT2D eigenvalue weighted by Crippen LogP contribution is -2.45. The molecule has 0 unspecified atom stereocenters. The van der Waals surface area contributed by atoms with Crippen LogP contribution in [-0.4, -0.2) is 64.1 Å². The summed E-state index contributed by atoms with van der Waals surface area (Å²) >= 11 is 3.51. The number of carbonyl (C=O) groups excluding carboxylic acids is 1. The minimum atomic E-state index is -0.760. The van der Waals surface area contributed by atoms with E-state index in [-0.39, 0.29) is 12.1 Å². The van der Waals surface area contributed by atoms with Crippen LogP contribution >= 0.6 is 15.9 Å². The Morgan fingerprint density at radius 3 is 2.65 bits per heavy atom. The van der Waals surface area contributed by atoms with Crippen LogP contribution in [0.25, 0.3) is 22.4 Å². The van der Waals surface area contributed by atoms with Gasteiger partial charge in [0.05, 0.1) is 22.8 Å². The molecule has 1 aliphatic rings. The van der Waals surface area contributed by atoms with Crippen LogP contribution < -0.4 is 15.8 Å². The summed E-state index contributed by atoms with van der Waals surface area (Å²) in [6, 6.07) is 11.6. The predicted octanol–water partition coefficient (Wildman–Crippen LogP) is 3.72. The number of aromatic amines is 2. The minimum Gasteiger partial charge on any atom is -0.387 e. The smallest absolute Gasteiger partial charge is 0.261 e. The molecule has 0 spiro atoms. The van der Waals surface area contributed by atoms with Crippen LogP contribution in [0, 0.1) is 13.8 Å². The van der Waals surface area contributed by atoms with E-state index in [4.69, 9.17) is 4.98 Å². The van der Waals surface area contributed by atoms with Gasteiger partial charge >= 0.3 is 0 Å². The largest absolute Gasteiger partial charge is 0.387 e. The summed E-state index contributed by atoms with van der Waals surface area (Å²) in [4.78, 5) is 38.8. The number of nitrogens with one attached hydrogen (secondary N) is 3. The molecule has 2 aromatic carbocycles. The number of carbonyl (C=O) groups is 1. The summed E-state index contributed by atoms with van der Waals surface area (Å²) in [5, 5.41) is 14.0. The first-order chi connectivity index (χ1) is 17.8. The van der Waals surface area contributed by atoms with Crippen molar-refractivity contribution < 1.29 is 9.90 Å². The lowest BCUT2D eigenvalue weighted by Gasteiger charge is -2.34. The first kappa shape index (κ1) is 25.0. The van der Waals surface area contributed by atoms with Gasteiger partial charge in [-0.05, 0) is 54.8 Å². The number of aryl methyl sites for hydroxylation is 2. The fourth-order valence-corrected chi connectivity index (χ4v) is 5.06. The predicted molar refractivity (Wildman–Crippen MR) is 149 cm³/mol. The Bertz CT molecular complexity index is 1510. The van der Waals surface area contributed by atoms with Crippen LogP contribution in [0.4, 0.5) is 11.4 Å². The maximum Gasteiger partial charge on any atom is 0.261 e. The maximum absolute atomic E-state index is 12.9. The molecule has 1 aliphatic heterocycles. The Kier molecular flexibility index (Phi) is 7.03. The first-order valence-electron chi connectivity index (χ1n) is 12.2. The topological polar surface area (TPSA) is 117 Å². The van der Waals surface area contributed by atoms with Gasteiger partial charge in [-0.1, -0.05) is 28.1 Å². The van der Waals surface area contributed by atoms with Gasteiger partial charge in [0, 0.05) is 49.1 Å². The SMILES string of the molecule is Cc1ccc([C@H](O)CNc2cc[nH]c(=O)c2-c2nc3c(C)cc(N4CCN(C=O)CC4)cc3[nH]2)cc1Br. The van der Waals surface area contributed by atoms with E-state index in [0.29, 0.717) is 30.2 Å². The summed E-state index contributed by atoms with van der Waals surface area (Å²) in [6.45, 7) is 7.12. The molecule has 0 saturated carbocycles. The highest BCUT2D eigenvalue weighted by Crippen LogP contribution is 2.30. The maximum atomic E-state index is 12.9. The normalized spacial score (nSPS) is 14.7. The number of H-pyrrole nitrogens is 2. The number of fused-ring (bicyclic) bond motifs is 1. The molecule has 1 atom stereocenters. The highest BCUT2D eigenvalue weighted by Gasteiger charge is 2.20. The molecule has 192 valence electrons. The summed E-state index contributed by atoms with van der Waals surface area (Å²) < 4.78 is 0.934. The highest BCUT2D eigenvalue weighted by molar-refractivity contribution is 9.10. The summed E-state index contributed by atoms with van der Waals surface area (Å²) in [7, 11) is 0. The number of aromatic nitrogens is 3. The first-order valence-corrected chi connectivity index (χ1v) is 13.0. The van der Waals surface area contributed by atoms with Crippen LogP contribution in [0.2, 0.25) is 0 Å². The van der Waals surface area contributed by atoms with Gasteiger partial charge in [-0.3, -0.25) is 9.59 Å². The monoisotopic (exact) mass is 564 g/mol. The second-order valence-electron chi connectivity index (χ2n) is 9.37. The standard InChI is InChI=1S/C27H29BrN6O3/c1-16-3-4-18(12-20(16)28)23(36)14-30-21-5-6-29-27(37)24(21)26-31-22-13-19(11-17(2)25(22)32-26)34-9-7-33(15-35)8-10-34/h3-6,11-13,15,23,36H,7-10,14H2,1-2H3,(H,31,32)(H2,29,30,37)/t23-/m1/s1. The van der Waals surface area contributed by atoms with Crippen LogP contribution in [-0.2, 0) is 4.79 Å². The summed E-state index contributed by atoms with van der Waals surface area (Å²) in [5.41, 5.74) is 6.23. The second-order valence-corrected chi connectivity index (χ2v) is 10.2. The minimum absolute atomic E-state index is 0.224. The van der Waals surface area contributed by atoms with Crippen LogP contribution in [0.1, 0.15) is 22.8 Å². The number of pyridine rings is 1. The molecule has 3 heterocycles. The van der Waals surface area contributed by atoms with Gasteiger partial charge in [-0.15, -0.1) is 0 Å². The zero-order valence-electron chi connectivity index (χ0n) is 20.7. The van der Waals surface area contributed by atoms with Crippen LogP contribution in [0.3, 0.4) is 0 Å². The quantitative estimate of drug-likeness (QED) is 0.254. The van der Waals surface area contributed by atoms with Crippen LogP contribution in [0.5, 0.6) is 0 Å². The van der Waals surface area contributed by atoms with Gasteiger partial charge in [0.1, 0.15) is 11.4 Å². The van der Waals surface area contributed by atoms with Gasteiger partial charge in [0.25, 0.3) is 5.56 Å². The molecular weight excluding hydrogens is 536 g/mol. The lowest BCUT2D eigenvalue weighted by molar-refractivity contribution is -0.118. The summed E-state index contributed by atoms with van der Waals surface area (Å²) in [5.74, 6) is 0.456. The Balaban J connectivity index is 1.42. The van der Waals surface area contributed by atoms with E-state index in [1.807, 2.05) is 38.1 Å². The number of anilines is 2. The van der Waals surface area contributed by atoms with Crippen molar-refractivity contribution in [2.24, 2.45) is 0 Å². The van der Waals surface area contributed by atoms with Crippen molar-refractivity contribution in [2.75, 3.05) is 42.9 Å². The van der Waals surface area contributed by atoms with E-state index < -0.39 is 6.10 Å². The van der Waals surface area contributed by atoms with Crippen molar-refractivity contribution >= 4 is 44.7 Å². The number of piperazine rings is 1. The third kappa shape index (κ3) is 5.12. The third-order valence-corrected chi connectivity index (χ3v) is 7.71. The Labute approximate surface area is 222 Å². The van der Waals surface area contributed by atoms with Crippen molar-refractivity contribution in [3.05, 3.63) is 74.1 Å². The molecule has 0 aliphatic carbocycles. The Morgan fingerprint density at radius 1 is 1.14 bits per heavy atom. The summed E-state index contributed by atoms with van der Waals surface area (Å²) in [6.07, 6.45) is 1.71. The molecule has 5 rings (SSSR count). The van der Waals surface area contributed by atoms with E-state index in [2.05, 4.69) is 42.2 Å². The zero-order chi connectivity index (χ0) is 26.1. The molecular formula is C27H29BrN6O3. The van der Waals surface area contributed by atoms with Gasteiger partial charge in [-0.2, -0.15) is 0 Å². The molecule has 1 saturated heterocycles. The number of aliphatic hydroxyl groups is 1.